The van der Waals surface area contributed by atoms with Crippen molar-refractivity contribution in [2.24, 2.45) is 5.41 Å². The van der Waals surface area contributed by atoms with E-state index in [9.17, 15) is 9.59 Å². The van der Waals surface area contributed by atoms with Crippen molar-refractivity contribution in [3.05, 3.63) is 30.0 Å². The number of rotatable bonds is 7. The van der Waals surface area contributed by atoms with Gasteiger partial charge in [0.05, 0.1) is 13.7 Å². The van der Waals surface area contributed by atoms with E-state index in [1.807, 2.05) is 29.2 Å². The van der Waals surface area contributed by atoms with E-state index in [-0.39, 0.29) is 23.3 Å². The van der Waals surface area contributed by atoms with Crippen molar-refractivity contribution < 1.29 is 19.1 Å². The minimum absolute atomic E-state index is 0.0352. The lowest BCUT2D eigenvalue weighted by atomic mass is 9.74. The highest BCUT2D eigenvalue weighted by atomic mass is 16.5. The van der Waals surface area contributed by atoms with Crippen molar-refractivity contribution in [3.63, 3.8) is 0 Å². The number of aromatic amines is 1. The van der Waals surface area contributed by atoms with E-state index >= 15 is 0 Å². The third-order valence-corrected chi connectivity index (χ3v) is 6.60. The molecule has 1 aromatic carbocycles. The van der Waals surface area contributed by atoms with Crippen LogP contribution in [0.3, 0.4) is 0 Å². The molecule has 4 rings (SSSR count). The summed E-state index contributed by atoms with van der Waals surface area (Å²) in [6.07, 6.45) is 4.51. The molecule has 1 saturated heterocycles. The van der Waals surface area contributed by atoms with Crippen molar-refractivity contribution in [2.75, 3.05) is 33.9 Å². The van der Waals surface area contributed by atoms with Crippen LogP contribution in [0.25, 0.3) is 10.9 Å². The zero-order valence-corrected chi connectivity index (χ0v) is 17.1. The zero-order chi connectivity index (χ0) is 20.4. The van der Waals surface area contributed by atoms with Crippen LogP contribution < -0.4 is 10.1 Å². The van der Waals surface area contributed by atoms with E-state index in [0.29, 0.717) is 31.8 Å². The second-order valence-corrected chi connectivity index (χ2v) is 8.17. The Balaban J connectivity index is 1.47. The highest BCUT2D eigenvalue weighted by Gasteiger charge is 2.50. The Labute approximate surface area is 170 Å². The van der Waals surface area contributed by atoms with Crippen molar-refractivity contribution in [1.82, 2.24) is 15.2 Å². The summed E-state index contributed by atoms with van der Waals surface area (Å²) in [5.41, 5.74) is 1.38. The van der Waals surface area contributed by atoms with Gasteiger partial charge in [-0.3, -0.25) is 9.59 Å². The SMILES string of the molecule is COCCN1C(=O)CC[C@]2(CNC(=O)c3cc4ccc(OC)cc4[nH]3)CCC[C@@H]12. The smallest absolute Gasteiger partial charge is 0.267 e. The monoisotopic (exact) mass is 399 g/mol. The van der Waals surface area contributed by atoms with Crippen molar-refractivity contribution in [2.45, 2.75) is 38.1 Å². The van der Waals surface area contributed by atoms with Crippen LogP contribution in [0.15, 0.2) is 24.3 Å². The van der Waals surface area contributed by atoms with Crippen LogP contribution in [0.5, 0.6) is 5.75 Å². The van der Waals surface area contributed by atoms with Gasteiger partial charge in [0, 0.05) is 55.0 Å². The molecule has 2 aromatic rings. The first-order valence-electron chi connectivity index (χ1n) is 10.3. The van der Waals surface area contributed by atoms with Gasteiger partial charge in [-0.2, -0.15) is 0 Å². The molecule has 7 heteroatoms. The van der Waals surface area contributed by atoms with E-state index in [1.54, 1.807) is 14.2 Å². The molecule has 2 aliphatic rings. The van der Waals surface area contributed by atoms with E-state index in [4.69, 9.17) is 9.47 Å². The number of carbonyl (C=O) groups is 2. The van der Waals surface area contributed by atoms with Gasteiger partial charge in [0.2, 0.25) is 5.91 Å². The number of piperidine rings is 1. The van der Waals surface area contributed by atoms with Crippen LogP contribution in [0.1, 0.15) is 42.6 Å². The number of benzene rings is 1. The number of nitrogens with zero attached hydrogens (tertiary/aromatic N) is 1. The molecule has 2 amide bonds. The minimum Gasteiger partial charge on any atom is -0.497 e. The van der Waals surface area contributed by atoms with Gasteiger partial charge >= 0.3 is 0 Å². The summed E-state index contributed by atoms with van der Waals surface area (Å²) >= 11 is 0. The number of carbonyl (C=O) groups excluding carboxylic acids is 2. The van der Waals surface area contributed by atoms with Gasteiger partial charge in [-0.25, -0.2) is 0 Å². The average Bonchev–Trinajstić information content (AvgIpc) is 3.35. The highest BCUT2D eigenvalue weighted by molar-refractivity contribution is 5.98. The molecular weight excluding hydrogens is 370 g/mol. The molecule has 0 bridgehead atoms. The maximum Gasteiger partial charge on any atom is 0.267 e. The molecule has 2 heterocycles. The fourth-order valence-electron chi connectivity index (χ4n) is 5.04. The van der Waals surface area contributed by atoms with Gasteiger partial charge in [-0.05, 0) is 37.5 Å². The van der Waals surface area contributed by atoms with Crippen LogP contribution >= 0.6 is 0 Å². The number of H-pyrrole nitrogens is 1. The number of nitrogens with one attached hydrogen (secondary N) is 2. The standard InChI is InChI=1S/C22H29N3O4/c1-28-11-10-25-19-4-3-8-22(19,9-7-20(25)26)14-23-21(27)18-12-15-5-6-16(29-2)13-17(15)24-18/h5-6,12-13,19,24H,3-4,7-11,14H2,1-2H3,(H,23,27)/t19-,22+/m1/s1. The number of aromatic nitrogens is 1. The van der Waals surface area contributed by atoms with Crippen molar-refractivity contribution in [1.29, 1.82) is 0 Å². The van der Waals surface area contributed by atoms with Crippen molar-refractivity contribution in [3.8, 4) is 5.75 Å². The zero-order valence-electron chi connectivity index (χ0n) is 17.1. The molecule has 0 spiro atoms. The highest BCUT2D eigenvalue weighted by Crippen LogP contribution is 2.47. The summed E-state index contributed by atoms with van der Waals surface area (Å²) in [5.74, 6) is 0.850. The van der Waals surface area contributed by atoms with Gasteiger partial charge in [-0.1, -0.05) is 6.42 Å². The molecule has 2 N–H and O–H groups in total. The Bertz CT molecular complexity index is 909. The van der Waals surface area contributed by atoms with Gasteiger partial charge in [-0.15, -0.1) is 0 Å². The molecule has 1 aromatic heterocycles. The van der Waals surface area contributed by atoms with Gasteiger partial charge < -0.3 is 24.7 Å². The Morgan fingerprint density at radius 2 is 2.17 bits per heavy atom. The molecule has 29 heavy (non-hydrogen) atoms. The molecule has 1 saturated carbocycles. The molecule has 0 unspecified atom stereocenters. The van der Waals surface area contributed by atoms with E-state index < -0.39 is 0 Å². The second-order valence-electron chi connectivity index (χ2n) is 8.17. The van der Waals surface area contributed by atoms with Crippen LogP contribution in [-0.4, -0.2) is 61.7 Å². The Kier molecular flexibility index (Phi) is 5.50. The van der Waals surface area contributed by atoms with Gasteiger partial charge in [0.15, 0.2) is 0 Å². The number of ether oxygens (including phenoxy) is 2. The largest absolute Gasteiger partial charge is 0.497 e. The molecule has 2 fully saturated rings. The number of hydrogen-bond donors (Lipinski definition) is 2. The van der Waals surface area contributed by atoms with E-state index in [0.717, 1.165) is 42.3 Å². The maximum atomic E-state index is 12.8. The van der Waals surface area contributed by atoms with Crippen LogP contribution in [0, 0.1) is 5.41 Å². The summed E-state index contributed by atoms with van der Waals surface area (Å²) in [6.45, 7) is 1.76. The topological polar surface area (TPSA) is 83.7 Å². The summed E-state index contributed by atoms with van der Waals surface area (Å²) in [4.78, 5) is 30.5. The molecule has 7 nitrogen and oxygen atoms in total. The minimum atomic E-state index is -0.111. The fourth-order valence-corrected chi connectivity index (χ4v) is 5.04. The molecule has 1 aliphatic carbocycles. The Hall–Kier alpha value is -2.54. The summed E-state index contributed by atoms with van der Waals surface area (Å²) in [6, 6.07) is 7.76. The molecule has 156 valence electrons. The maximum absolute atomic E-state index is 12.8. The van der Waals surface area contributed by atoms with Crippen LogP contribution in [0.2, 0.25) is 0 Å². The summed E-state index contributed by atoms with van der Waals surface area (Å²) in [5, 5.41) is 4.12. The normalized spacial score (nSPS) is 24.0. The van der Waals surface area contributed by atoms with Crippen LogP contribution in [0.4, 0.5) is 0 Å². The third-order valence-electron chi connectivity index (χ3n) is 6.60. The van der Waals surface area contributed by atoms with Crippen LogP contribution in [-0.2, 0) is 9.53 Å². The molecule has 1 aliphatic heterocycles. The number of likely N-dealkylation sites (tertiary alicyclic amines) is 1. The molecule has 0 radical (unpaired) electrons. The lowest BCUT2D eigenvalue weighted by Gasteiger charge is -2.46. The summed E-state index contributed by atoms with van der Waals surface area (Å²) in [7, 11) is 3.28. The van der Waals surface area contributed by atoms with Gasteiger partial charge in [0.25, 0.3) is 5.91 Å². The number of amides is 2. The lowest BCUT2D eigenvalue weighted by molar-refractivity contribution is -0.142. The molecular formula is C22H29N3O4. The third kappa shape index (κ3) is 3.71. The van der Waals surface area contributed by atoms with Crippen molar-refractivity contribution >= 4 is 22.7 Å². The van der Waals surface area contributed by atoms with Gasteiger partial charge in [0.1, 0.15) is 11.4 Å². The Morgan fingerprint density at radius 3 is 2.97 bits per heavy atom. The average molecular weight is 399 g/mol. The van der Waals surface area contributed by atoms with E-state index in [2.05, 4.69) is 10.3 Å². The lowest BCUT2D eigenvalue weighted by Crippen LogP contribution is -2.56. The summed E-state index contributed by atoms with van der Waals surface area (Å²) < 4.78 is 10.4. The predicted octanol–water partition coefficient (Wildman–Crippen LogP) is 2.71. The Morgan fingerprint density at radius 1 is 1.31 bits per heavy atom. The first kappa shape index (κ1) is 19.8. The van der Waals surface area contributed by atoms with E-state index in [1.165, 1.54) is 0 Å². The number of fused-ring (bicyclic) bond motifs is 2. The first-order valence-corrected chi connectivity index (χ1v) is 10.3. The molecule has 2 atom stereocenters. The number of methoxy groups -OCH3 is 2. The quantitative estimate of drug-likeness (QED) is 0.750. The number of hydrogen-bond acceptors (Lipinski definition) is 4. The first-order chi connectivity index (χ1) is 14.1. The predicted molar refractivity (Wildman–Crippen MR) is 110 cm³/mol. The second kappa shape index (κ2) is 8.06. The fraction of sp³-hybridized carbons (Fsp3) is 0.545.